The molecule has 0 spiro atoms. The second-order valence-corrected chi connectivity index (χ2v) is 27.8. The molecule has 106 heavy (non-hydrogen) atoms. The van der Waals surface area contributed by atoms with E-state index in [9.17, 15) is 0 Å². The molecule has 0 atom stereocenters. The summed E-state index contributed by atoms with van der Waals surface area (Å²) in [6.07, 6.45) is 0. The fourth-order valence-corrected chi connectivity index (χ4v) is 16.9. The standard InChI is InChI=1S/C102H68BN3/c1-9-31-69(32-10-1)79-59-80(70-33-11-2-12-34-70)62-83(61-79)77-55-57-92-96(65-77)105(101-86(73-39-17-5-18-40-73)49-29-50-87(101)74-41-19-6-20-42-74)98-67-85(104-94-53-27-25-47-90(94)91-48-26-28-54-95(91)104)68-99-100(98)103(92)93-58-56-78(84-63-81(71-35-13-3-14-36-71)60-82(64-84)72-37-15-4-16-38-72)66-97(93)106(99)102-88(75-43-21-7-22-44-75)51-30-52-89(102)76-45-23-8-24-46-76/h1-68H. The Morgan fingerprint density at radius 3 is 0.745 bits per heavy atom. The Bertz CT molecular complexity index is 5750. The van der Waals surface area contributed by atoms with Gasteiger partial charge in [0.2, 0.25) is 0 Å². The molecule has 0 unspecified atom stereocenters. The summed E-state index contributed by atoms with van der Waals surface area (Å²) in [6, 6.07) is 154. The van der Waals surface area contributed by atoms with Crippen LogP contribution in [-0.4, -0.2) is 11.3 Å². The van der Waals surface area contributed by atoms with Gasteiger partial charge in [0, 0.05) is 55.8 Å². The third-order valence-electron chi connectivity index (χ3n) is 21.7. The summed E-state index contributed by atoms with van der Waals surface area (Å²) in [4.78, 5) is 5.38. The molecule has 0 radical (unpaired) electrons. The second kappa shape index (κ2) is 26.2. The van der Waals surface area contributed by atoms with Crippen LogP contribution in [0.4, 0.5) is 34.1 Å². The van der Waals surface area contributed by atoms with E-state index >= 15 is 0 Å². The molecule has 494 valence electrons. The topological polar surface area (TPSA) is 11.4 Å². The van der Waals surface area contributed by atoms with Crippen molar-refractivity contribution in [3.05, 3.63) is 413 Å². The monoisotopic (exact) mass is 1350 g/mol. The molecule has 4 heteroatoms. The van der Waals surface area contributed by atoms with Crippen LogP contribution in [0.15, 0.2) is 413 Å². The van der Waals surface area contributed by atoms with Crippen molar-refractivity contribution in [3.8, 4) is 117 Å². The van der Waals surface area contributed by atoms with Crippen molar-refractivity contribution in [1.82, 2.24) is 4.57 Å². The molecule has 18 aromatic rings. The molecule has 20 rings (SSSR count). The molecule has 2 aliphatic heterocycles. The molecule has 3 nitrogen and oxygen atoms in total. The molecule has 0 aliphatic carbocycles. The van der Waals surface area contributed by atoms with Crippen LogP contribution in [-0.2, 0) is 0 Å². The largest absolute Gasteiger partial charge is 0.310 e. The van der Waals surface area contributed by atoms with Gasteiger partial charge in [0.05, 0.1) is 28.1 Å². The smallest absolute Gasteiger partial charge is 0.252 e. The molecular formula is C102H68BN3. The van der Waals surface area contributed by atoms with E-state index in [0.29, 0.717) is 0 Å². The summed E-state index contributed by atoms with van der Waals surface area (Å²) in [5.41, 5.74) is 36.3. The highest BCUT2D eigenvalue weighted by Gasteiger charge is 2.46. The predicted molar refractivity (Wildman–Crippen MR) is 449 cm³/mol. The van der Waals surface area contributed by atoms with Crippen LogP contribution < -0.4 is 26.2 Å². The van der Waals surface area contributed by atoms with Gasteiger partial charge in [-0.05, 0) is 178 Å². The first-order valence-corrected chi connectivity index (χ1v) is 36.7. The van der Waals surface area contributed by atoms with E-state index < -0.39 is 0 Å². The van der Waals surface area contributed by atoms with Crippen molar-refractivity contribution in [1.29, 1.82) is 0 Å². The molecular weight excluding hydrogens is 1280 g/mol. The number of hydrogen-bond acceptors (Lipinski definition) is 2. The first-order valence-electron chi connectivity index (χ1n) is 36.7. The van der Waals surface area contributed by atoms with Crippen molar-refractivity contribution in [2.75, 3.05) is 9.80 Å². The molecule has 0 saturated carbocycles. The number of anilines is 6. The van der Waals surface area contributed by atoms with Crippen LogP contribution in [0.5, 0.6) is 0 Å². The quantitative estimate of drug-likeness (QED) is 0.107. The number of rotatable bonds is 13. The van der Waals surface area contributed by atoms with Gasteiger partial charge in [0.1, 0.15) is 0 Å². The maximum Gasteiger partial charge on any atom is 0.252 e. The van der Waals surface area contributed by atoms with Crippen LogP contribution in [0.3, 0.4) is 0 Å². The minimum absolute atomic E-state index is 0.281. The van der Waals surface area contributed by atoms with Gasteiger partial charge >= 0.3 is 0 Å². The minimum atomic E-state index is -0.281. The van der Waals surface area contributed by atoms with Gasteiger partial charge in [-0.1, -0.05) is 340 Å². The maximum atomic E-state index is 2.69. The molecule has 1 aromatic heterocycles. The number of benzene rings is 17. The summed E-state index contributed by atoms with van der Waals surface area (Å²) in [5, 5.41) is 2.39. The molecule has 0 saturated heterocycles. The van der Waals surface area contributed by atoms with Crippen molar-refractivity contribution >= 4 is 79.0 Å². The van der Waals surface area contributed by atoms with Gasteiger partial charge in [0.15, 0.2) is 0 Å². The fraction of sp³-hybridized carbons (Fsp3) is 0. The highest BCUT2D eigenvalue weighted by molar-refractivity contribution is 7.00. The highest BCUT2D eigenvalue weighted by Crippen LogP contribution is 2.55. The number of fused-ring (bicyclic) bond motifs is 7. The van der Waals surface area contributed by atoms with Crippen molar-refractivity contribution in [2.45, 2.75) is 0 Å². The number of nitrogens with zero attached hydrogens (tertiary/aromatic N) is 3. The van der Waals surface area contributed by atoms with E-state index in [1.54, 1.807) is 0 Å². The minimum Gasteiger partial charge on any atom is -0.310 e. The average molecular weight is 1350 g/mol. The van der Waals surface area contributed by atoms with Gasteiger partial charge in [-0.3, -0.25) is 0 Å². The Labute approximate surface area is 618 Å². The lowest BCUT2D eigenvalue weighted by Crippen LogP contribution is -2.61. The zero-order valence-corrected chi connectivity index (χ0v) is 58.2. The molecule has 0 fully saturated rings. The van der Waals surface area contributed by atoms with Crippen LogP contribution in [0, 0.1) is 0 Å². The Morgan fingerprint density at radius 1 is 0.179 bits per heavy atom. The van der Waals surface area contributed by atoms with E-state index in [4.69, 9.17) is 0 Å². The van der Waals surface area contributed by atoms with Crippen molar-refractivity contribution in [3.63, 3.8) is 0 Å². The van der Waals surface area contributed by atoms with Crippen molar-refractivity contribution < 1.29 is 0 Å². The van der Waals surface area contributed by atoms with Crippen LogP contribution in [0.1, 0.15) is 0 Å². The lowest BCUT2D eigenvalue weighted by atomic mass is 9.33. The molecule has 17 aromatic carbocycles. The Balaban J connectivity index is 0.957. The number of para-hydroxylation sites is 4. The summed E-state index contributed by atoms with van der Waals surface area (Å²) in [6.45, 7) is -0.281. The van der Waals surface area contributed by atoms with Gasteiger partial charge in [-0.25, -0.2) is 0 Å². The van der Waals surface area contributed by atoms with Gasteiger partial charge < -0.3 is 14.4 Å². The normalized spacial score (nSPS) is 12.1. The zero-order chi connectivity index (χ0) is 70.0. The third kappa shape index (κ3) is 10.8. The second-order valence-electron chi connectivity index (χ2n) is 27.8. The SMILES string of the molecule is c1ccc(-c2cc(-c3ccccc3)cc(-c3ccc4c(c3)N(c3c(-c5ccccc5)cccc3-c3ccccc3)c3cc(-n5c6ccccc6c6ccccc65)cc5c3B4c3ccc(-c4cc(-c6ccccc6)cc(-c6ccccc6)c4)cc3N5c3c(-c4ccccc4)cccc3-c3ccccc3)c2)cc1. The first kappa shape index (κ1) is 62.0. The maximum absolute atomic E-state index is 2.69. The van der Waals surface area contributed by atoms with E-state index in [1.807, 2.05) is 0 Å². The lowest BCUT2D eigenvalue weighted by Gasteiger charge is -2.46. The molecule has 0 N–H and O–H groups in total. The van der Waals surface area contributed by atoms with Crippen LogP contribution in [0.25, 0.3) is 139 Å². The Morgan fingerprint density at radius 2 is 0.443 bits per heavy atom. The van der Waals surface area contributed by atoms with E-state index in [0.717, 1.165) is 140 Å². The lowest BCUT2D eigenvalue weighted by molar-refractivity contribution is 1.16. The third-order valence-corrected chi connectivity index (χ3v) is 21.7. The molecule has 0 bridgehead atoms. The van der Waals surface area contributed by atoms with Crippen LogP contribution in [0.2, 0.25) is 0 Å². The summed E-state index contributed by atoms with van der Waals surface area (Å²) in [7, 11) is 0. The average Bonchev–Trinajstić information content (AvgIpc) is 0.776. The van der Waals surface area contributed by atoms with E-state index in [-0.39, 0.29) is 6.71 Å². The summed E-state index contributed by atoms with van der Waals surface area (Å²) in [5.74, 6) is 0. The predicted octanol–water partition coefficient (Wildman–Crippen LogP) is 25.5. The van der Waals surface area contributed by atoms with Crippen molar-refractivity contribution in [2.24, 2.45) is 0 Å². The number of aromatic nitrogens is 1. The highest BCUT2D eigenvalue weighted by atomic mass is 15.2. The van der Waals surface area contributed by atoms with Crippen LogP contribution >= 0.6 is 0 Å². The summed E-state index contributed by atoms with van der Waals surface area (Å²) >= 11 is 0. The summed E-state index contributed by atoms with van der Waals surface area (Å²) < 4.78 is 2.54. The Hall–Kier alpha value is -13.8. The first-order chi connectivity index (χ1) is 52.6. The van der Waals surface area contributed by atoms with Gasteiger partial charge in [0.25, 0.3) is 6.71 Å². The molecule has 2 aliphatic rings. The molecule has 0 amide bonds. The Kier molecular flexibility index (Phi) is 15.3. The zero-order valence-electron chi connectivity index (χ0n) is 58.2. The van der Waals surface area contributed by atoms with E-state index in [1.165, 1.54) is 49.4 Å². The molecule has 3 heterocycles. The van der Waals surface area contributed by atoms with Gasteiger partial charge in [-0.15, -0.1) is 0 Å². The number of hydrogen-bond donors (Lipinski definition) is 0. The fourth-order valence-electron chi connectivity index (χ4n) is 16.9. The van der Waals surface area contributed by atoms with Gasteiger partial charge in [-0.2, -0.15) is 0 Å². The van der Waals surface area contributed by atoms with E-state index in [2.05, 4.69) is 427 Å².